The summed E-state index contributed by atoms with van der Waals surface area (Å²) in [5, 5.41) is 3.25. The maximum Gasteiger partial charge on any atom is 0.255 e. The van der Waals surface area contributed by atoms with Gasteiger partial charge >= 0.3 is 0 Å². The number of rotatable bonds is 4. The first kappa shape index (κ1) is 14.4. The molecule has 1 N–H and O–H groups in total. The maximum absolute atomic E-state index is 12.4. The van der Waals surface area contributed by atoms with Crippen LogP contribution in [0.15, 0.2) is 42.7 Å². The van der Waals surface area contributed by atoms with Gasteiger partial charge in [-0.1, -0.05) is 6.07 Å². The molecule has 1 aliphatic heterocycles. The molecule has 0 atom stereocenters. The number of nitrogens with zero attached hydrogens (tertiary/aromatic N) is 2. The van der Waals surface area contributed by atoms with E-state index in [-0.39, 0.29) is 5.91 Å². The normalized spacial score (nSPS) is 14.0. The van der Waals surface area contributed by atoms with Gasteiger partial charge in [0.2, 0.25) is 0 Å². The van der Waals surface area contributed by atoms with Crippen LogP contribution >= 0.6 is 0 Å². The molecule has 0 spiro atoms. The van der Waals surface area contributed by atoms with Gasteiger partial charge in [-0.05, 0) is 31.0 Å². The minimum Gasteiger partial charge on any atom is -0.497 e. The van der Waals surface area contributed by atoms with E-state index >= 15 is 0 Å². The van der Waals surface area contributed by atoms with E-state index in [2.05, 4.69) is 10.3 Å². The number of carbonyl (C=O) groups is 1. The molecule has 1 saturated heterocycles. The number of methoxy groups -OCH3 is 1. The van der Waals surface area contributed by atoms with Crippen LogP contribution in [-0.2, 0) is 0 Å². The molecule has 5 nitrogen and oxygen atoms in total. The number of ether oxygens (including phenoxy) is 1. The standard InChI is InChI=1S/C17H19N3O2/c1-22-16-6-4-5-14(10-16)19-15-9-13(11-18-12-15)17(21)20-7-2-3-8-20/h4-6,9-12,19H,2-3,7-8H2,1H3. The molecule has 5 heteroatoms. The van der Waals surface area contributed by atoms with Crippen LogP contribution in [0, 0.1) is 0 Å². The lowest BCUT2D eigenvalue weighted by Crippen LogP contribution is -2.27. The van der Waals surface area contributed by atoms with Gasteiger partial charge in [-0.25, -0.2) is 0 Å². The summed E-state index contributed by atoms with van der Waals surface area (Å²) >= 11 is 0. The van der Waals surface area contributed by atoms with E-state index in [0.717, 1.165) is 43.1 Å². The highest BCUT2D eigenvalue weighted by molar-refractivity contribution is 5.95. The Morgan fingerprint density at radius 2 is 2.00 bits per heavy atom. The van der Waals surface area contributed by atoms with Crippen molar-refractivity contribution in [1.82, 2.24) is 9.88 Å². The van der Waals surface area contributed by atoms with Crippen LogP contribution in [-0.4, -0.2) is 36.0 Å². The highest BCUT2D eigenvalue weighted by atomic mass is 16.5. The van der Waals surface area contributed by atoms with Gasteiger partial charge in [0.15, 0.2) is 0 Å². The van der Waals surface area contributed by atoms with Crippen LogP contribution in [0.25, 0.3) is 0 Å². The predicted molar refractivity (Wildman–Crippen MR) is 85.7 cm³/mol. The number of hydrogen-bond donors (Lipinski definition) is 1. The van der Waals surface area contributed by atoms with Gasteiger partial charge in [-0.3, -0.25) is 9.78 Å². The minimum atomic E-state index is 0.0549. The molecule has 0 radical (unpaired) electrons. The van der Waals surface area contributed by atoms with Gasteiger partial charge in [0.1, 0.15) is 5.75 Å². The number of carbonyl (C=O) groups excluding carboxylic acids is 1. The first-order valence-electron chi connectivity index (χ1n) is 7.42. The summed E-state index contributed by atoms with van der Waals surface area (Å²) in [6.45, 7) is 1.68. The molecular weight excluding hydrogens is 278 g/mol. The lowest BCUT2D eigenvalue weighted by atomic mass is 10.2. The molecule has 2 heterocycles. The van der Waals surface area contributed by atoms with E-state index in [1.54, 1.807) is 19.5 Å². The summed E-state index contributed by atoms with van der Waals surface area (Å²) in [6.07, 6.45) is 5.50. The second-order valence-corrected chi connectivity index (χ2v) is 5.32. The van der Waals surface area contributed by atoms with Crippen LogP contribution in [0.3, 0.4) is 0 Å². The zero-order valence-electron chi connectivity index (χ0n) is 12.6. The van der Waals surface area contributed by atoms with Gasteiger partial charge in [0, 0.05) is 31.0 Å². The quantitative estimate of drug-likeness (QED) is 0.942. The lowest BCUT2D eigenvalue weighted by molar-refractivity contribution is 0.0792. The van der Waals surface area contributed by atoms with Crippen LogP contribution in [0.4, 0.5) is 11.4 Å². The number of pyridine rings is 1. The number of hydrogen-bond acceptors (Lipinski definition) is 4. The number of anilines is 2. The number of benzene rings is 1. The SMILES string of the molecule is COc1cccc(Nc2cncc(C(=O)N3CCCC3)c2)c1. The van der Waals surface area contributed by atoms with E-state index in [0.29, 0.717) is 5.56 Å². The summed E-state index contributed by atoms with van der Waals surface area (Å²) < 4.78 is 5.21. The molecule has 1 aromatic heterocycles. The molecule has 1 amide bonds. The Morgan fingerprint density at radius 3 is 2.77 bits per heavy atom. The highest BCUT2D eigenvalue weighted by Crippen LogP contribution is 2.22. The molecule has 1 fully saturated rings. The molecule has 1 aliphatic rings. The largest absolute Gasteiger partial charge is 0.497 e. The Labute approximate surface area is 129 Å². The second-order valence-electron chi connectivity index (χ2n) is 5.32. The van der Waals surface area contributed by atoms with Crippen molar-refractivity contribution in [3.8, 4) is 5.75 Å². The van der Waals surface area contributed by atoms with E-state index in [1.165, 1.54) is 0 Å². The Balaban J connectivity index is 1.77. The van der Waals surface area contributed by atoms with Crippen molar-refractivity contribution in [2.45, 2.75) is 12.8 Å². The second kappa shape index (κ2) is 6.47. The molecule has 1 aromatic carbocycles. The zero-order valence-corrected chi connectivity index (χ0v) is 12.6. The fraction of sp³-hybridized carbons (Fsp3) is 0.294. The topological polar surface area (TPSA) is 54.5 Å². The predicted octanol–water partition coefficient (Wildman–Crippen LogP) is 3.07. The Kier molecular flexibility index (Phi) is 4.23. The molecule has 0 aliphatic carbocycles. The van der Waals surface area contributed by atoms with Crippen LogP contribution in [0.5, 0.6) is 5.75 Å². The van der Waals surface area contributed by atoms with Gasteiger partial charge in [-0.15, -0.1) is 0 Å². The van der Waals surface area contributed by atoms with Crippen molar-refractivity contribution in [3.63, 3.8) is 0 Å². The third-order valence-corrected chi connectivity index (χ3v) is 3.74. The molecule has 0 bridgehead atoms. The molecule has 114 valence electrons. The van der Waals surface area contributed by atoms with Crippen LogP contribution in [0.2, 0.25) is 0 Å². The maximum atomic E-state index is 12.4. The number of nitrogens with one attached hydrogen (secondary N) is 1. The van der Waals surface area contributed by atoms with Crippen molar-refractivity contribution >= 4 is 17.3 Å². The summed E-state index contributed by atoms with van der Waals surface area (Å²) in [5.74, 6) is 0.835. The van der Waals surface area contributed by atoms with Crippen LogP contribution < -0.4 is 10.1 Å². The average Bonchev–Trinajstić information content (AvgIpc) is 3.09. The fourth-order valence-electron chi connectivity index (χ4n) is 2.60. The number of amides is 1. The summed E-state index contributed by atoms with van der Waals surface area (Å²) in [6, 6.07) is 9.48. The number of aromatic nitrogens is 1. The molecular formula is C17H19N3O2. The van der Waals surface area contributed by atoms with E-state index < -0.39 is 0 Å². The Hall–Kier alpha value is -2.56. The fourth-order valence-corrected chi connectivity index (χ4v) is 2.60. The van der Waals surface area contributed by atoms with Gasteiger partial charge in [0.05, 0.1) is 24.6 Å². The van der Waals surface area contributed by atoms with Crippen molar-refractivity contribution in [1.29, 1.82) is 0 Å². The Morgan fingerprint density at radius 1 is 1.18 bits per heavy atom. The average molecular weight is 297 g/mol. The van der Waals surface area contributed by atoms with Crippen molar-refractivity contribution in [2.24, 2.45) is 0 Å². The lowest BCUT2D eigenvalue weighted by Gasteiger charge is -2.15. The summed E-state index contributed by atoms with van der Waals surface area (Å²) in [7, 11) is 1.63. The van der Waals surface area contributed by atoms with Crippen molar-refractivity contribution in [2.75, 3.05) is 25.5 Å². The molecule has 2 aromatic rings. The molecule has 0 saturated carbocycles. The smallest absolute Gasteiger partial charge is 0.255 e. The molecule has 22 heavy (non-hydrogen) atoms. The zero-order chi connectivity index (χ0) is 15.4. The molecule has 3 rings (SSSR count). The van der Waals surface area contributed by atoms with Crippen molar-refractivity contribution in [3.05, 3.63) is 48.3 Å². The monoisotopic (exact) mass is 297 g/mol. The first-order chi connectivity index (χ1) is 10.8. The van der Waals surface area contributed by atoms with E-state index in [9.17, 15) is 4.79 Å². The third-order valence-electron chi connectivity index (χ3n) is 3.74. The van der Waals surface area contributed by atoms with Gasteiger partial charge in [0.25, 0.3) is 5.91 Å². The summed E-state index contributed by atoms with van der Waals surface area (Å²) in [5.41, 5.74) is 2.31. The molecule has 0 unspecified atom stereocenters. The highest BCUT2D eigenvalue weighted by Gasteiger charge is 2.19. The first-order valence-corrected chi connectivity index (χ1v) is 7.42. The van der Waals surface area contributed by atoms with E-state index in [1.807, 2.05) is 35.2 Å². The van der Waals surface area contributed by atoms with E-state index in [4.69, 9.17) is 4.74 Å². The van der Waals surface area contributed by atoms with Gasteiger partial charge < -0.3 is 15.0 Å². The van der Waals surface area contributed by atoms with Gasteiger partial charge in [-0.2, -0.15) is 0 Å². The number of likely N-dealkylation sites (tertiary alicyclic amines) is 1. The third kappa shape index (κ3) is 3.19. The van der Waals surface area contributed by atoms with Crippen LogP contribution in [0.1, 0.15) is 23.2 Å². The Bertz CT molecular complexity index is 666. The van der Waals surface area contributed by atoms with Crippen molar-refractivity contribution < 1.29 is 9.53 Å². The summed E-state index contributed by atoms with van der Waals surface area (Å²) in [4.78, 5) is 18.4. The minimum absolute atomic E-state index is 0.0549.